The lowest BCUT2D eigenvalue weighted by atomic mass is 10.1. The van der Waals surface area contributed by atoms with Crippen LogP contribution in [0.25, 0.3) is 0 Å². The van der Waals surface area contributed by atoms with Gasteiger partial charge in [-0.05, 0) is 13.3 Å². The summed E-state index contributed by atoms with van der Waals surface area (Å²) in [5, 5.41) is 0. The van der Waals surface area contributed by atoms with Gasteiger partial charge in [-0.3, -0.25) is 0 Å². The highest BCUT2D eigenvalue weighted by molar-refractivity contribution is 5.98. The maximum absolute atomic E-state index is 5.37. The topological polar surface area (TPSA) is 18.5 Å². The standard InChI is InChI=1S/C12H25O2Si/c1-3-4-5-6-7-8-9-10-11-13-12(2)14-15/h12H,3-11H2,1-2H3. The molecular weight excluding hydrogens is 204 g/mol. The van der Waals surface area contributed by atoms with Crippen LogP contribution in [0.3, 0.4) is 0 Å². The summed E-state index contributed by atoms with van der Waals surface area (Å²) in [7, 11) is 2.95. The molecule has 0 spiro atoms. The predicted molar refractivity (Wildman–Crippen MR) is 64.9 cm³/mol. The fourth-order valence-corrected chi connectivity index (χ4v) is 1.59. The van der Waals surface area contributed by atoms with Crippen molar-refractivity contribution in [3.8, 4) is 0 Å². The van der Waals surface area contributed by atoms with Crippen LogP contribution >= 0.6 is 0 Å². The molecule has 15 heavy (non-hydrogen) atoms. The lowest BCUT2D eigenvalue weighted by Crippen LogP contribution is -2.11. The van der Waals surface area contributed by atoms with Crippen molar-refractivity contribution in [2.24, 2.45) is 0 Å². The van der Waals surface area contributed by atoms with Gasteiger partial charge >= 0.3 is 0 Å². The van der Waals surface area contributed by atoms with Crippen LogP contribution in [0, 0.1) is 0 Å². The number of ether oxygens (including phenoxy) is 1. The third-order valence-electron chi connectivity index (χ3n) is 2.52. The Balaban J connectivity index is 2.92. The molecule has 0 aliphatic carbocycles. The summed E-state index contributed by atoms with van der Waals surface area (Å²) in [5.74, 6) is 0. The van der Waals surface area contributed by atoms with Crippen LogP contribution in [0.5, 0.6) is 0 Å². The first-order valence-corrected chi connectivity index (χ1v) is 6.66. The van der Waals surface area contributed by atoms with Gasteiger partial charge in [-0.25, -0.2) is 0 Å². The van der Waals surface area contributed by atoms with Crippen LogP contribution in [-0.2, 0) is 9.16 Å². The van der Waals surface area contributed by atoms with Crippen LogP contribution in [0.4, 0.5) is 0 Å². The van der Waals surface area contributed by atoms with Gasteiger partial charge in [0, 0.05) is 6.61 Å². The first kappa shape index (κ1) is 15.1. The van der Waals surface area contributed by atoms with E-state index in [1.54, 1.807) is 0 Å². The monoisotopic (exact) mass is 229 g/mol. The van der Waals surface area contributed by atoms with E-state index in [0.717, 1.165) is 13.0 Å². The number of rotatable bonds is 11. The quantitative estimate of drug-likeness (QED) is 0.306. The zero-order chi connectivity index (χ0) is 11.4. The van der Waals surface area contributed by atoms with E-state index >= 15 is 0 Å². The minimum absolute atomic E-state index is 0.133. The van der Waals surface area contributed by atoms with E-state index in [4.69, 9.17) is 9.16 Å². The van der Waals surface area contributed by atoms with Crippen molar-refractivity contribution < 1.29 is 9.16 Å². The van der Waals surface area contributed by atoms with Gasteiger partial charge in [0.25, 0.3) is 0 Å². The van der Waals surface area contributed by atoms with Crippen molar-refractivity contribution >= 4 is 10.5 Å². The third kappa shape index (κ3) is 12.1. The van der Waals surface area contributed by atoms with Crippen molar-refractivity contribution in [2.75, 3.05) is 6.61 Å². The van der Waals surface area contributed by atoms with E-state index in [2.05, 4.69) is 17.4 Å². The largest absolute Gasteiger partial charge is 0.394 e. The van der Waals surface area contributed by atoms with E-state index in [9.17, 15) is 0 Å². The van der Waals surface area contributed by atoms with Gasteiger partial charge < -0.3 is 9.16 Å². The van der Waals surface area contributed by atoms with Crippen LogP contribution in [0.1, 0.15) is 65.2 Å². The van der Waals surface area contributed by atoms with Gasteiger partial charge in [-0.1, -0.05) is 51.9 Å². The molecule has 0 aromatic rings. The van der Waals surface area contributed by atoms with E-state index in [1.807, 2.05) is 6.92 Å². The molecule has 0 aromatic carbocycles. The molecule has 0 heterocycles. The molecule has 1 unspecified atom stereocenters. The molecule has 2 nitrogen and oxygen atoms in total. The van der Waals surface area contributed by atoms with Gasteiger partial charge in [0.05, 0.1) is 0 Å². The zero-order valence-corrected chi connectivity index (χ0v) is 11.3. The average molecular weight is 229 g/mol. The number of hydrogen-bond donors (Lipinski definition) is 0. The zero-order valence-electron chi connectivity index (χ0n) is 10.3. The summed E-state index contributed by atoms with van der Waals surface area (Å²) in [6.45, 7) is 4.95. The summed E-state index contributed by atoms with van der Waals surface area (Å²) >= 11 is 0. The SMILES string of the molecule is CCCCCCCCCCOC(C)O[Si]. The number of unbranched alkanes of at least 4 members (excludes halogenated alkanes) is 7. The van der Waals surface area contributed by atoms with Crippen molar-refractivity contribution in [3.63, 3.8) is 0 Å². The normalized spacial score (nSPS) is 13.0. The smallest absolute Gasteiger partial charge is 0.249 e. The van der Waals surface area contributed by atoms with Crippen LogP contribution < -0.4 is 0 Å². The Morgan fingerprint density at radius 1 is 0.933 bits per heavy atom. The van der Waals surface area contributed by atoms with Crippen LogP contribution in [0.15, 0.2) is 0 Å². The molecule has 0 fully saturated rings. The minimum atomic E-state index is -0.133. The molecular formula is C12H25O2Si. The average Bonchev–Trinajstić information content (AvgIpc) is 2.26. The van der Waals surface area contributed by atoms with Crippen LogP contribution in [-0.4, -0.2) is 23.4 Å². The second-order valence-electron chi connectivity index (χ2n) is 4.03. The molecule has 1 atom stereocenters. The van der Waals surface area contributed by atoms with Gasteiger partial charge in [-0.2, -0.15) is 0 Å². The Hall–Kier alpha value is 0.137. The van der Waals surface area contributed by atoms with Gasteiger partial charge in [0.2, 0.25) is 10.5 Å². The Bertz CT molecular complexity index is 120. The molecule has 89 valence electrons. The maximum Gasteiger partial charge on any atom is 0.249 e. The molecule has 0 rings (SSSR count). The molecule has 3 radical (unpaired) electrons. The second kappa shape index (κ2) is 12.2. The van der Waals surface area contributed by atoms with E-state index in [0.29, 0.717) is 0 Å². The number of hydrogen-bond acceptors (Lipinski definition) is 2. The molecule has 0 saturated carbocycles. The summed E-state index contributed by atoms with van der Waals surface area (Å²) in [6.07, 6.45) is 10.5. The maximum atomic E-state index is 5.37. The second-order valence-corrected chi connectivity index (χ2v) is 4.27. The summed E-state index contributed by atoms with van der Waals surface area (Å²) in [5.41, 5.74) is 0. The van der Waals surface area contributed by atoms with Gasteiger partial charge in [0.1, 0.15) is 6.29 Å². The summed E-state index contributed by atoms with van der Waals surface area (Å²) in [6, 6.07) is 0. The molecule has 0 aliphatic heterocycles. The molecule has 3 heteroatoms. The van der Waals surface area contributed by atoms with Crippen LogP contribution in [0.2, 0.25) is 0 Å². The summed E-state index contributed by atoms with van der Waals surface area (Å²) in [4.78, 5) is 0. The van der Waals surface area contributed by atoms with Crippen molar-refractivity contribution in [1.29, 1.82) is 0 Å². The highest BCUT2D eigenvalue weighted by Gasteiger charge is 1.97. The van der Waals surface area contributed by atoms with Crippen molar-refractivity contribution in [3.05, 3.63) is 0 Å². The Kier molecular flexibility index (Phi) is 12.3. The Morgan fingerprint density at radius 2 is 1.47 bits per heavy atom. The third-order valence-corrected chi connectivity index (χ3v) is 2.85. The first-order valence-electron chi connectivity index (χ1n) is 6.25. The first-order chi connectivity index (χ1) is 7.31. The Morgan fingerprint density at radius 3 is 2.00 bits per heavy atom. The predicted octanol–water partition coefficient (Wildman–Crippen LogP) is 3.59. The van der Waals surface area contributed by atoms with E-state index in [-0.39, 0.29) is 6.29 Å². The molecule has 0 aliphatic rings. The Labute approximate surface area is 98.3 Å². The molecule has 0 N–H and O–H groups in total. The van der Waals surface area contributed by atoms with Crippen molar-refractivity contribution in [2.45, 2.75) is 71.5 Å². The molecule has 0 amide bonds. The highest BCUT2D eigenvalue weighted by atomic mass is 28.2. The molecule has 0 bridgehead atoms. The van der Waals surface area contributed by atoms with Crippen molar-refractivity contribution in [1.82, 2.24) is 0 Å². The van der Waals surface area contributed by atoms with Gasteiger partial charge in [-0.15, -0.1) is 0 Å². The van der Waals surface area contributed by atoms with E-state index in [1.165, 1.54) is 44.9 Å². The van der Waals surface area contributed by atoms with Gasteiger partial charge in [0.15, 0.2) is 0 Å². The fourth-order valence-electron chi connectivity index (χ4n) is 1.52. The highest BCUT2D eigenvalue weighted by Crippen LogP contribution is 2.08. The van der Waals surface area contributed by atoms with E-state index < -0.39 is 0 Å². The minimum Gasteiger partial charge on any atom is -0.394 e. The fraction of sp³-hybridized carbons (Fsp3) is 1.00. The lowest BCUT2D eigenvalue weighted by molar-refractivity contribution is -0.0639. The molecule has 0 saturated heterocycles. The molecule has 0 aromatic heterocycles. The summed E-state index contributed by atoms with van der Waals surface area (Å²) < 4.78 is 10.2. The lowest BCUT2D eigenvalue weighted by Gasteiger charge is -2.10.